The number of carbonyl (C=O) groups excluding carboxylic acids is 1. The van der Waals surface area contributed by atoms with Crippen LogP contribution in [0.3, 0.4) is 0 Å². The third-order valence-electron chi connectivity index (χ3n) is 3.43. The van der Waals surface area contributed by atoms with Crippen molar-refractivity contribution in [3.8, 4) is 0 Å². The molecule has 2 aromatic rings. The van der Waals surface area contributed by atoms with Gasteiger partial charge in [-0.25, -0.2) is 0 Å². The summed E-state index contributed by atoms with van der Waals surface area (Å²) in [6, 6.07) is 9.61. The zero-order chi connectivity index (χ0) is 16.7. The molecule has 0 N–H and O–H groups in total. The van der Waals surface area contributed by atoms with Gasteiger partial charge >= 0.3 is 0 Å². The van der Waals surface area contributed by atoms with Crippen molar-refractivity contribution < 1.29 is 9.53 Å². The van der Waals surface area contributed by atoms with Gasteiger partial charge in [0.05, 0.1) is 5.25 Å². The molecule has 1 aromatic heterocycles. The van der Waals surface area contributed by atoms with E-state index < -0.39 is 0 Å². The number of ether oxygens (including phenoxy) is 1. The van der Waals surface area contributed by atoms with Gasteiger partial charge in [0.2, 0.25) is 5.91 Å². The van der Waals surface area contributed by atoms with Gasteiger partial charge in [0.15, 0.2) is 5.16 Å². The highest BCUT2D eigenvalue weighted by molar-refractivity contribution is 8.00. The fraction of sp³-hybridized carbons (Fsp3) is 0.438. The number of aryl methyl sites for hydroxylation is 1. The predicted molar refractivity (Wildman–Crippen MR) is 91.7 cm³/mol. The number of aromatic nitrogens is 3. The van der Waals surface area contributed by atoms with E-state index in [2.05, 4.69) is 10.2 Å². The fourth-order valence-electron chi connectivity index (χ4n) is 2.13. The molecule has 7 heteroatoms. The highest BCUT2D eigenvalue weighted by Crippen LogP contribution is 2.24. The number of amides is 1. The Bertz CT molecular complexity index is 618. The summed E-state index contributed by atoms with van der Waals surface area (Å²) in [6.07, 6.45) is 2.57. The number of benzene rings is 1. The topological polar surface area (TPSA) is 60.2 Å². The van der Waals surface area contributed by atoms with Crippen LogP contribution in [-0.4, -0.2) is 46.7 Å². The van der Waals surface area contributed by atoms with E-state index >= 15 is 0 Å². The van der Waals surface area contributed by atoms with E-state index in [4.69, 9.17) is 4.74 Å². The molecule has 1 atom stereocenters. The largest absolute Gasteiger partial charge is 0.385 e. The monoisotopic (exact) mass is 334 g/mol. The summed E-state index contributed by atoms with van der Waals surface area (Å²) in [5.74, 6) is 0.0349. The summed E-state index contributed by atoms with van der Waals surface area (Å²) in [5.41, 5.74) is 0.881. The van der Waals surface area contributed by atoms with Crippen molar-refractivity contribution in [1.82, 2.24) is 14.8 Å². The number of methoxy groups -OCH3 is 1. The Labute approximate surface area is 140 Å². The van der Waals surface area contributed by atoms with Gasteiger partial charge in [-0.1, -0.05) is 30.0 Å². The predicted octanol–water partition coefficient (Wildman–Crippen LogP) is 2.46. The molecule has 0 radical (unpaired) electrons. The zero-order valence-electron chi connectivity index (χ0n) is 13.7. The molecule has 0 spiro atoms. The van der Waals surface area contributed by atoms with Crippen molar-refractivity contribution in [3.63, 3.8) is 0 Å². The Hall–Kier alpha value is -1.86. The van der Waals surface area contributed by atoms with E-state index in [9.17, 15) is 4.79 Å². The molecule has 0 aliphatic carbocycles. The zero-order valence-corrected chi connectivity index (χ0v) is 14.5. The molecule has 1 aromatic carbocycles. The lowest BCUT2D eigenvalue weighted by Gasteiger charge is -2.21. The summed E-state index contributed by atoms with van der Waals surface area (Å²) in [7, 11) is 3.47. The number of hydrogen-bond donors (Lipinski definition) is 0. The first-order chi connectivity index (χ1) is 11.1. The Morgan fingerprint density at radius 2 is 2.13 bits per heavy atom. The van der Waals surface area contributed by atoms with Crippen molar-refractivity contribution in [2.45, 2.75) is 30.3 Å². The molecular formula is C16H22N4O2S. The van der Waals surface area contributed by atoms with Gasteiger partial charge in [-0.3, -0.25) is 4.79 Å². The number of para-hydroxylation sites is 1. The molecule has 0 saturated heterocycles. The Balaban J connectivity index is 1.97. The molecule has 124 valence electrons. The summed E-state index contributed by atoms with van der Waals surface area (Å²) < 4.78 is 7.01. The maximum absolute atomic E-state index is 12.6. The number of nitrogens with zero attached hydrogens (tertiary/aromatic N) is 4. The minimum absolute atomic E-state index is 0.0349. The molecule has 0 saturated carbocycles. The molecule has 0 fully saturated rings. The van der Waals surface area contributed by atoms with E-state index in [1.54, 1.807) is 25.4 Å². The maximum Gasteiger partial charge on any atom is 0.240 e. The van der Waals surface area contributed by atoms with Crippen LogP contribution in [0.25, 0.3) is 0 Å². The number of carbonyl (C=O) groups is 1. The lowest BCUT2D eigenvalue weighted by atomic mass is 10.3. The maximum atomic E-state index is 12.6. The molecule has 2 rings (SSSR count). The average molecular weight is 334 g/mol. The Kier molecular flexibility index (Phi) is 6.61. The molecule has 1 amide bonds. The van der Waals surface area contributed by atoms with Crippen molar-refractivity contribution >= 4 is 23.4 Å². The van der Waals surface area contributed by atoms with E-state index in [0.717, 1.165) is 23.8 Å². The van der Waals surface area contributed by atoms with Crippen LogP contribution < -0.4 is 4.90 Å². The Morgan fingerprint density at radius 1 is 1.39 bits per heavy atom. The lowest BCUT2D eigenvalue weighted by Crippen LogP contribution is -2.33. The highest BCUT2D eigenvalue weighted by Gasteiger charge is 2.22. The molecule has 0 aliphatic rings. The lowest BCUT2D eigenvalue weighted by molar-refractivity contribution is -0.117. The van der Waals surface area contributed by atoms with Crippen molar-refractivity contribution in [1.29, 1.82) is 0 Å². The number of thioether (sulfide) groups is 1. The molecule has 6 nitrogen and oxygen atoms in total. The number of hydrogen-bond acceptors (Lipinski definition) is 5. The van der Waals surface area contributed by atoms with Crippen LogP contribution in [-0.2, 0) is 16.1 Å². The standard InChI is InChI=1S/C16H22N4O2S/c1-13(15(21)19(2)14-8-5-4-6-9-14)23-16-18-17-12-20(16)10-7-11-22-3/h4-6,8-9,12-13H,7,10-11H2,1-3H3. The summed E-state index contributed by atoms with van der Waals surface area (Å²) in [5, 5.41) is 8.56. The summed E-state index contributed by atoms with van der Waals surface area (Å²) in [4.78, 5) is 14.2. The van der Waals surface area contributed by atoms with Gasteiger partial charge in [-0.05, 0) is 25.5 Å². The average Bonchev–Trinajstić information content (AvgIpc) is 3.01. The van der Waals surface area contributed by atoms with Gasteiger partial charge in [0.25, 0.3) is 0 Å². The van der Waals surface area contributed by atoms with E-state index in [1.165, 1.54) is 11.8 Å². The first kappa shape index (κ1) is 17.5. The van der Waals surface area contributed by atoms with Crippen LogP contribution in [0.1, 0.15) is 13.3 Å². The van der Waals surface area contributed by atoms with Crippen molar-refractivity contribution in [2.24, 2.45) is 0 Å². The summed E-state index contributed by atoms with van der Waals surface area (Å²) in [6.45, 7) is 3.35. The van der Waals surface area contributed by atoms with Crippen molar-refractivity contribution in [3.05, 3.63) is 36.7 Å². The smallest absolute Gasteiger partial charge is 0.240 e. The highest BCUT2D eigenvalue weighted by atomic mass is 32.2. The second-order valence-corrected chi connectivity index (χ2v) is 6.45. The number of anilines is 1. The first-order valence-corrected chi connectivity index (χ1v) is 8.37. The molecule has 1 unspecified atom stereocenters. The molecule has 23 heavy (non-hydrogen) atoms. The molecular weight excluding hydrogens is 312 g/mol. The van der Waals surface area contributed by atoms with Gasteiger partial charge in [0.1, 0.15) is 6.33 Å². The van der Waals surface area contributed by atoms with E-state index in [1.807, 2.05) is 41.8 Å². The van der Waals surface area contributed by atoms with Gasteiger partial charge in [-0.15, -0.1) is 10.2 Å². The van der Waals surface area contributed by atoms with Crippen LogP contribution in [0, 0.1) is 0 Å². The van der Waals surface area contributed by atoms with Gasteiger partial charge < -0.3 is 14.2 Å². The normalized spacial score (nSPS) is 12.1. The fourth-order valence-corrected chi connectivity index (χ4v) is 3.07. The van der Waals surface area contributed by atoms with E-state index in [-0.39, 0.29) is 11.2 Å². The quantitative estimate of drug-likeness (QED) is 0.548. The Morgan fingerprint density at radius 3 is 2.83 bits per heavy atom. The molecule has 1 heterocycles. The van der Waals surface area contributed by atoms with E-state index in [0.29, 0.717) is 6.61 Å². The first-order valence-electron chi connectivity index (χ1n) is 7.49. The third-order valence-corrected chi connectivity index (χ3v) is 4.51. The SMILES string of the molecule is COCCCn1cnnc1SC(C)C(=O)N(C)c1ccccc1. The van der Waals surface area contributed by atoms with Gasteiger partial charge in [-0.2, -0.15) is 0 Å². The van der Waals surface area contributed by atoms with Crippen LogP contribution in [0.5, 0.6) is 0 Å². The van der Waals surface area contributed by atoms with Crippen LogP contribution >= 0.6 is 11.8 Å². The molecule has 0 bridgehead atoms. The minimum Gasteiger partial charge on any atom is -0.385 e. The second-order valence-electron chi connectivity index (χ2n) is 5.15. The van der Waals surface area contributed by atoms with Crippen LogP contribution in [0.2, 0.25) is 0 Å². The summed E-state index contributed by atoms with van der Waals surface area (Å²) >= 11 is 1.42. The molecule has 0 aliphatic heterocycles. The third kappa shape index (κ3) is 4.80. The van der Waals surface area contributed by atoms with Crippen molar-refractivity contribution in [2.75, 3.05) is 25.7 Å². The van der Waals surface area contributed by atoms with Crippen LogP contribution in [0.4, 0.5) is 5.69 Å². The minimum atomic E-state index is -0.245. The van der Waals surface area contributed by atoms with Gasteiger partial charge in [0, 0.05) is 33.0 Å². The number of rotatable bonds is 8. The van der Waals surface area contributed by atoms with Crippen LogP contribution in [0.15, 0.2) is 41.8 Å². The second kappa shape index (κ2) is 8.69.